The molecule has 1 heterocycles. The Morgan fingerprint density at radius 3 is 2.58 bits per heavy atom. The van der Waals surface area contributed by atoms with Gasteiger partial charge in [0.2, 0.25) is 0 Å². The number of nitro groups is 1. The molecule has 0 saturated carbocycles. The minimum Gasteiger partial charge on any atom is -0.393 e. The van der Waals surface area contributed by atoms with Gasteiger partial charge in [0.1, 0.15) is 12.2 Å². The molecule has 2 amide bonds. The van der Waals surface area contributed by atoms with Crippen LogP contribution in [0.2, 0.25) is 0 Å². The second-order valence-electron chi connectivity index (χ2n) is 5.12. The van der Waals surface area contributed by atoms with E-state index in [1.165, 1.54) is 16.8 Å². The summed E-state index contributed by atoms with van der Waals surface area (Å²) in [5, 5.41) is 14.9. The van der Waals surface area contributed by atoms with Gasteiger partial charge < -0.3 is 5.73 Å². The summed E-state index contributed by atoms with van der Waals surface area (Å²) in [4.78, 5) is 33.9. The number of amides is 2. The number of benzene rings is 1. The number of nitro benzene ring substituents is 1. The Balaban J connectivity index is 1.98. The molecule has 0 aliphatic heterocycles. The van der Waals surface area contributed by atoms with Gasteiger partial charge in [-0.05, 0) is 32.0 Å². The van der Waals surface area contributed by atoms with E-state index in [1.54, 1.807) is 13.8 Å². The van der Waals surface area contributed by atoms with Gasteiger partial charge in [0.15, 0.2) is 0 Å². The van der Waals surface area contributed by atoms with E-state index in [4.69, 9.17) is 5.73 Å². The Hall–Kier alpha value is -3.43. The van der Waals surface area contributed by atoms with Crippen LogP contribution in [0.1, 0.15) is 21.7 Å². The Labute approximate surface area is 136 Å². The molecule has 1 aromatic heterocycles. The fraction of sp³-hybridized carbons (Fsp3) is 0.214. The Morgan fingerprint density at radius 2 is 2.00 bits per heavy atom. The van der Waals surface area contributed by atoms with Crippen LogP contribution in [-0.4, -0.2) is 26.5 Å². The van der Waals surface area contributed by atoms with Gasteiger partial charge in [-0.15, -0.1) is 0 Å². The molecule has 24 heavy (non-hydrogen) atoms. The number of nitrogens with zero attached hydrogens (tertiary/aromatic N) is 3. The number of nitrogens with one attached hydrogen (secondary N) is 2. The Kier molecular flexibility index (Phi) is 4.78. The van der Waals surface area contributed by atoms with Crippen molar-refractivity contribution in [3.63, 3.8) is 0 Å². The van der Waals surface area contributed by atoms with E-state index in [0.717, 1.165) is 17.5 Å². The number of hydrogen-bond acceptors (Lipinski definition) is 6. The van der Waals surface area contributed by atoms with Crippen LogP contribution >= 0.6 is 0 Å². The van der Waals surface area contributed by atoms with E-state index < -0.39 is 16.7 Å². The fourth-order valence-electron chi connectivity index (χ4n) is 2.05. The van der Waals surface area contributed by atoms with Gasteiger partial charge in [-0.3, -0.25) is 35.2 Å². The van der Waals surface area contributed by atoms with E-state index in [0.29, 0.717) is 0 Å². The zero-order valence-corrected chi connectivity index (χ0v) is 13.1. The molecule has 0 aliphatic rings. The second kappa shape index (κ2) is 6.77. The van der Waals surface area contributed by atoms with E-state index >= 15 is 0 Å². The van der Waals surface area contributed by atoms with Crippen LogP contribution < -0.4 is 16.6 Å². The smallest absolute Gasteiger partial charge is 0.292 e. The molecule has 10 heteroatoms. The lowest BCUT2D eigenvalue weighted by Crippen LogP contribution is -2.43. The van der Waals surface area contributed by atoms with Crippen LogP contribution in [0.3, 0.4) is 0 Å². The Bertz CT molecular complexity index is 814. The highest BCUT2D eigenvalue weighted by molar-refractivity contribution is 5.96. The summed E-state index contributed by atoms with van der Waals surface area (Å²) >= 11 is 0. The van der Waals surface area contributed by atoms with Crippen molar-refractivity contribution in [2.75, 3.05) is 5.73 Å². The number of carbonyl (C=O) groups excluding carboxylic acids is 2. The number of carbonyl (C=O) groups is 2. The first kappa shape index (κ1) is 16.9. The maximum absolute atomic E-state index is 11.9. The number of nitrogens with two attached hydrogens (primary N) is 1. The molecular weight excluding hydrogens is 316 g/mol. The summed E-state index contributed by atoms with van der Waals surface area (Å²) in [6, 6.07) is 5.44. The van der Waals surface area contributed by atoms with Crippen molar-refractivity contribution < 1.29 is 14.5 Å². The lowest BCUT2D eigenvalue weighted by atomic mass is 10.1. The molecule has 0 aliphatic carbocycles. The SMILES string of the molecule is Cc1cc(C)n(CC(=O)NNC(=O)c2ccc(N)c([N+](=O)[O-])c2)n1. The number of hydrazine groups is 1. The summed E-state index contributed by atoms with van der Waals surface area (Å²) in [6.07, 6.45) is 0. The average molecular weight is 332 g/mol. The van der Waals surface area contributed by atoms with Gasteiger partial charge >= 0.3 is 0 Å². The van der Waals surface area contributed by atoms with Crippen LogP contribution in [0, 0.1) is 24.0 Å². The summed E-state index contributed by atoms with van der Waals surface area (Å²) < 4.78 is 1.49. The largest absolute Gasteiger partial charge is 0.393 e. The summed E-state index contributed by atoms with van der Waals surface area (Å²) in [6.45, 7) is 3.54. The number of anilines is 1. The van der Waals surface area contributed by atoms with Crippen molar-refractivity contribution in [1.29, 1.82) is 0 Å². The highest BCUT2D eigenvalue weighted by Gasteiger charge is 2.16. The van der Waals surface area contributed by atoms with Crippen molar-refractivity contribution >= 4 is 23.2 Å². The third-order valence-corrected chi connectivity index (χ3v) is 3.20. The average Bonchev–Trinajstić information content (AvgIpc) is 2.82. The molecule has 10 nitrogen and oxygen atoms in total. The van der Waals surface area contributed by atoms with E-state index in [-0.39, 0.29) is 23.5 Å². The molecule has 0 atom stereocenters. The molecule has 0 bridgehead atoms. The topological polar surface area (TPSA) is 145 Å². The van der Waals surface area contributed by atoms with Gasteiger partial charge in [-0.1, -0.05) is 0 Å². The number of aryl methyl sites for hydroxylation is 2. The molecule has 0 saturated heterocycles. The summed E-state index contributed by atoms with van der Waals surface area (Å²) in [5.41, 5.74) is 11.0. The van der Waals surface area contributed by atoms with Crippen LogP contribution in [0.25, 0.3) is 0 Å². The number of hydrogen-bond donors (Lipinski definition) is 3. The van der Waals surface area contributed by atoms with Crippen molar-refractivity contribution in [1.82, 2.24) is 20.6 Å². The van der Waals surface area contributed by atoms with E-state index in [2.05, 4.69) is 16.0 Å². The zero-order valence-electron chi connectivity index (χ0n) is 13.1. The Morgan fingerprint density at radius 1 is 1.29 bits per heavy atom. The van der Waals surface area contributed by atoms with Crippen molar-refractivity contribution in [3.05, 3.63) is 51.3 Å². The quantitative estimate of drug-likeness (QED) is 0.421. The molecule has 0 fully saturated rings. The van der Waals surface area contributed by atoms with Crippen molar-refractivity contribution in [2.24, 2.45) is 0 Å². The molecule has 2 aromatic rings. The van der Waals surface area contributed by atoms with Gasteiger partial charge in [0, 0.05) is 17.3 Å². The third-order valence-electron chi connectivity index (χ3n) is 3.20. The van der Waals surface area contributed by atoms with E-state index in [1.807, 2.05) is 6.07 Å². The predicted octanol–water partition coefficient (Wildman–Crippen LogP) is 0.452. The van der Waals surface area contributed by atoms with Gasteiger partial charge in [-0.25, -0.2) is 0 Å². The lowest BCUT2D eigenvalue weighted by molar-refractivity contribution is -0.383. The third kappa shape index (κ3) is 3.85. The molecular formula is C14H16N6O4. The van der Waals surface area contributed by atoms with Crippen LogP contribution in [0.5, 0.6) is 0 Å². The molecule has 2 rings (SSSR count). The first-order valence-electron chi connectivity index (χ1n) is 6.92. The highest BCUT2D eigenvalue weighted by Crippen LogP contribution is 2.22. The molecule has 0 spiro atoms. The van der Waals surface area contributed by atoms with Gasteiger partial charge in [-0.2, -0.15) is 5.10 Å². The number of aromatic nitrogens is 2. The minimum atomic E-state index is -0.695. The maximum atomic E-state index is 11.9. The number of nitrogen functional groups attached to an aromatic ring is 1. The van der Waals surface area contributed by atoms with Gasteiger partial charge in [0.25, 0.3) is 17.5 Å². The molecule has 0 unspecified atom stereocenters. The van der Waals surface area contributed by atoms with Crippen LogP contribution in [0.15, 0.2) is 24.3 Å². The number of rotatable bonds is 4. The molecule has 4 N–H and O–H groups in total. The molecule has 0 radical (unpaired) electrons. The zero-order chi connectivity index (χ0) is 17.9. The van der Waals surface area contributed by atoms with Crippen LogP contribution in [-0.2, 0) is 11.3 Å². The van der Waals surface area contributed by atoms with Crippen LogP contribution in [0.4, 0.5) is 11.4 Å². The fourth-order valence-corrected chi connectivity index (χ4v) is 2.05. The predicted molar refractivity (Wildman–Crippen MR) is 84.8 cm³/mol. The maximum Gasteiger partial charge on any atom is 0.292 e. The first-order valence-corrected chi connectivity index (χ1v) is 6.92. The van der Waals surface area contributed by atoms with Crippen molar-refractivity contribution in [2.45, 2.75) is 20.4 Å². The highest BCUT2D eigenvalue weighted by atomic mass is 16.6. The normalized spacial score (nSPS) is 10.2. The second-order valence-corrected chi connectivity index (χ2v) is 5.12. The minimum absolute atomic E-state index is 0.00214. The lowest BCUT2D eigenvalue weighted by Gasteiger charge is -2.08. The van der Waals surface area contributed by atoms with Gasteiger partial charge in [0.05, 0.1) is 10.6 Å². The standard InChI is InChI=1S/C14H16N6O4/c1-8-5-9(2)19(18-8)7-13(21)16-17-14(22)10-3-4-11(15)12(6-10)20(23)24/h3-6H,7,15H2,1-2H3,(H,16,21)(H,17,22). The van der Waals surface area contributed by atoms with E-state index in [9.17, 15) is 19.7 Å². The summed E-state index contributed by atoms with van der Waals surface area (Å²) in [5.74, 6) is -1.18. The first-order chi connectivity index (χ1) is 11.3. The molecule has 126 valence electrons. The monoisotopic (exact) mass is 332 g/mol. The molecule has 1 aromatic carbocycles. The van der Waals surface area contributed by atoms with Crippen molar-refractivity contribution in [3.8, 4) is 0 Å². The summed E-state index contributed by atoms with van der Waals surface area (Å²) in [7, 11) is 0.